The van der Waals surface area contributed by atoms with Gasteiger partial charge in [0, 0.05) is 23.8 Å². The molecule has 1 N–H and O–H groups in total. The lowest BCUT2D eigenvalue weighted by Gasteiger charge is -2.09. The van der Waals surface area contributed by atoms with Crippen molar-refractivity contribution in [2.24, 2.45) is 0 Å². The Hall–Kier alpha value is -1.13. The van der Waals surface area contributed by atoms with E-state index in [1.54, 1.807) is 0 Å². The van der Waals surface area contributed by atoms with Crippen LogP contribution in [-0.2, 0) is 13.1 Å². The number of rotatable bonds is 6. The number of nitrogens with zero attached hydrogens (tertiary/aromatic N) is 2. The van der Waals surface area contributed by atoms with Crippen LogP contribution >= 0.6 is 15.9 Å². The second-order valence-electron chi connectivity index (χ2n) is 4.32. The molecule has 18 heavy (non-hydrogen) atoms. The lowest BCUT2D eigenvalue weighted by atomic mass is 10.2. The van der Waals surface area contributed by atoms with Gasteiger partial charge in [-0.05, 0) is 30.7 Å². The summed E-state index contributed by atoms with van der Waals surface area (Å²) in [7, 11) is 0. The van der Waals surface area contributed by atoms with Crippen LogP contribution in [0.2, 0.25) is 0 Å². The van der Waals surface area contributed by atoms with E-state index in [0.717, 1.165) is 30.5 Å². The van der Waals surface area contributed by atoms with Crippen molar-refractivity contribution < 1.29 is 0 Å². The largest absolute Gasteiger partial charge is 0.329 e. The summed E-state index contributed by atoms with van der Waals surface area (Å²) < 4.78 is 3.30. The highest BCUT2D eigenvalue weighted by Gasteiger charge is 2.02. The summed E-state index contributed by atoms with van der Waals surface area (Å²) in [5.41, 5.74) is 2.51. The Morgan fingerprint density at radius 2 is 2.06 bits per heavy atom. The number of nitrogens with one attached hydrogen (secondary N) is 1. The fourth-order valence-electron chi connectivity index (χ4n) is 1.82. The van der Waals surface area contributed by atoms with Gasteiger partial charge in [0.1, 0.15) is 0 Å². The zero-order valence-corrected chi connectivity index (χ0v) is 12.2. The summed E-state index contributed by atoms with van der Waals surface area (Å²) in [5, 5.41) is 3.40. The van der Waals surface area contributed by atoms with Gasteiger partial charge in [0.15, 0.2) is 0 Å². The number of aromatic nitrogens is 2. The van der Waals surface area contributed by atoms with Gasteiger partial charge in [-0.1, -0.05) is 35.0 Å². The number of halogens is 1. The summed E-state index contributed by atoms with van der Waals surface area (Å²) in [4.78, 5) is 4.23. The summed E-state index contributed by atoms with van der Waals surface area (Å²) in [6.45, 7) is 4.97. The van der Waals surface area contributed by atoms with Crippen molar-refractivity contribution >= 4 is 15.9 Å². The maximum atomic E-state index is 4.23. The quantitative estimate of drug-likeness (QED) is 0.831. The number of hydrogen-bond donors (Lipinski definition) is 1. The van der Waals surface area contributed by atoms with E-state index in [1.165, 1.54) is 11.3 Å². The summed E-state index contributed by atoms with van der Waals surface area (Å²) in [5.74, 6) is 0. The smallest absolute Gasteiger partial charge is 0.0951 e. The molecule has 0 saturated carbocycles. The van der Waals surface area contributed by atoms with Crippen molar-refractivity contribution in [1.29, 1.82) is 0 Å². The Morgan fingerprint density at radius 1 is 1.28 bits per heavy atom. The van der Waals surface area contributed by atoms with Gasteiger partial charge < -0.3 is 9.88 Å². The molecular weight excluding hydrogens is 290 g/mol. The van der Waals surface area contributed by atoms with Crippen LogP contribution in [0.4, 0.5) is 0 Å². The molecule has 0 amide bonds. The molecule has 0 aliphatic heterocycles. The van der Waals surface area contributed by atoms with Gasteiger partial charge in [-0.15, -0.1) is 0 Å². The zero-order valence-electron chi connectivity index (χ0n) is 10.6. The maximum Gasteiger partial charge on any atom is 0.0951 e. The van der Waals surface area contributed by atoms with Crippen LogP contribution < -0.4 is 5.32 Å². The minimum atomic E-state index is 0.871. The normalized spacial score (nSPS) is 10.8. The van der Waals surface area contributed by atoms with Crippen LogP contribution in [0.25, 0.3) is 0 Å². The van der Waals surface area contributed by atoms with Gasteiger partial charge in [0.05, 0.1) is 12.0 Å². The molecule has 3 nitrogen and oxygen atoms in total. The van der Waals surface area contributed by atoms with Gasteiger partial charge in [-0.2, -0.15) is 0 Å². The summed E-state index contributed by atoms with van der Waals surface area (Å²) in [6, 6.07) is 8.41. The molecule has 0 unspecified atom stereocenters. The lowest BCUT2D eigenvalue weighted by Crippen LogP contribution is -2.16. The van der Waals surface area contributed by atoms with Gasteiger partial charge in [-0.25, -0.2) is 4.98 Å². The van der Waals surface area contributed by atoms with E-state index in [1.807, 2.05) is 12.5 Å². The van der Waals surface area contributed by atoms with Crippen LogP contribution in [0.3, 0.4) is 0 Å². The molecule has 0 aliphatic carbocycles. The predicted molar refractivity (Wildman–Crippen MR) is 77.5 cm³/mol. The third kappa shape index (κ3) is 3.68. The molecule has 0 radical (unpaired) electrons. The minimum Gasteiger partial charge on any atom is -0.329 e. The summed E-state index contributed by atoms with van der Waals surface area (Å²) in [6.07, 6.45) is 4.98. The molecular formula is C14H18BrN3. The molecule has 1 aromatic heterocycles. The molecule has 1 heterocycles. The Kier molecular flexibility index (Phi) is 4.96. The first-order chi connectivity index (χ1) is 8.79. The van der Waals surface area contributed by atoms with E-state index in [4.69, 9.17) is 0 Å². The SMILES string of the molecule is CCCNCc1cncn1Cc1ccc(Br)cc1. The zero-order chi connectivity index (χ0) is 12.8. The van der Waals surface area contributed by atoms with Gasteiger partial charge in [-0.3, -0.25) is 0 Å². The second-order valence-corrected chi connectivity index (χ2v) is 5.23. The molecule has 0 saturated heterocycles. The molecule has 2 aromatic rings. The monoisotopic (exact) mass is 307 g/mol. The molecule has 0 atom stereocenters. The van der Waals surface area contributed by atoms with Gasteiger partial charge in [0.2, 0.25) is 0 Å². The van der Waals surface area contributed by atoms with E-state index in [9.17, 15) is 0 Å². The van der Waals surface area contributed by atoms with E-state index >= 15 is 0 Å². The van der Waals surface area contributed by atoms with Crippen LogP contribution in [0, 0.1) is 0 Å². The third-order valence-corrected chi connectivity index (χ3v) is 3.33. The van der Waals surface area contributed by atoms with Crippen molar-refractivity contribution in [3.63, 3.8) is 0 Å². The second kappa shape index (κ2) is 6.71. The highest BCUT2D eigenvalue weighted by atomic mass is 79.9. The van der Waals surface area contributed by atoms with E-state index in [-0.39, 0.29) is 0 Å². The van der Waals surface area contributed by atoms with Crippen molar-refractivity contribution in [3.05, 3.63) is 52.5 Å². The van der Waals surface area contributed by atoms with Crippen molar-refractivity contribution in [3.8, 4) is 0 Å². The van der Waals surface area contributed by atoms with Crippen LogP contribution in [0.1, 0.15) is 24.6 Å². The Labute approximate surface area is 116 Å². The first kappa shape index (κ1) is 13.3. The van der Waals surface area contributed by atoms with Crippen molar-refractivity contribution in [2.75, 3.05) is 6.54 Å². The first-order valence-electron chi connectivity index (χ1n) is 6.23. The maximum absolute atomic E-state index is 4.23. The molecule has 0 aliphatic rings. The average Bonchev–Trinajstić information content (AvgIpc) is 2.80. The topological polar surface area (TPSA) is 29.9 Å². The molecule has 96 valence electrons. The van der Waals surface area contributed by atoms with Gasteiger partial charge in [0.25, 0.3) is 0 Å². The Balaban J connectivity index is 2.00. The van der Waals surface area contributed by atoms with Crippen molar-refractivity contribution in [2.45, 2.75) is 26.4 Å². The van der Waals surface area contributed by atoms with Crippen LogP contribution in [0.5, 0.6) is 0 Å². The predicted octanol–water partition coefficient (Wildman–Crippen LogP) is 3.19. The highest BCUT2D eigenvalue weighted by Crippen LogP contribution is 2.12. The van der Waals surface area contributed by atoms with Crippen molar-refractivity contribution in [1.82, 2.24) is 14.9 Å². The first-order valence-corrected chi connectivity index (χ1v) is 7.03. The molecule has 0 fully saturated rings. The Morgan fingerprint density at radius 3 is 2.78 bits per heavy atom. The van der Waals surface area contributed by atoms with Gasteiger partial charge >= 0.3 is 0 Å². The average molecular weight is 308 g/mol. The minimum absolute atomic E-state index is 0.871. The number of hydrogen-bond acceptors (Lipinski definition) is 2. The fraction of sp³-hybridized carbons (Fsp3) is 0.357. The molecule has 1 aromatic carbocycles. The molecule has 0 bridgehead atoms. The molecule has 0 spiro atoms. The highest BCUT2D eigenvalue weighted by molar-refractivity contribution is 9.10. The van der Waals surface area contributed by atoms with Crippen LogP contribution in [-0.4, -0.2) is 16.1 Å². The number of benzene rings is 1. The van der Waals surface area contributed by atoms with E-state index in [0.29, 0.717) is 0 Å². The lowest BCUT2D eigenvalue weighted by molar-refractivity contribution is 0.630. The third-order valence-electron chi connectivity index (χ3n) is 2.80. The molecule has 4 heteroatoms. The molecule has 2 rings (SSSR count). The summed E-state index contributed by atoms with van der Waals surface area (Å²) >= 11 is 3.45. The Bertz CT molecular complexity index is 476. The number of imidazole rings is 1. The van der Waals surface area contributed by atoms with E-state index in [2.05, 4.69) is 62.0 Å². The van der Waals surface area contributed by atoms with Crippen LogP contribution in [0.15, 0.2) is 41.3 Å². The van der Waals surface area contributed by atoms with E-state index < -0.39 is 0 Å². The fourth-order valence-corrected chi connectivity index (χ4v) is 2.08. The standard InChI is InChI=1S/C14H18BrN3/c1-2-7-16-8-14-9-17-11-18(14)10-12-3-5-13(15)6-4-12/h3-6,9,11,16H,2,7-8,10H2,1H3.